The van der Waals surface area contributed by atoms with Crippen LogP contribution in [-0.2, 0) is 9.47 Å². The van der Waals surface area contributed by atoms with Crippen molar-refractivity contribution in [3.05, 3.63) is 11.4 Å². The summed E-state index contributed by atoms with van der Waals surface area (Å²) in [6, 6.07) is 0. The van der Waals surface area contributed by atoms with Gasteiger partial charge in [-0.25, -0.2) is 0 Å². The summed E-state index contributed by atoms with van der Waals surface area (Å²) in [6.07, 6.45) is 1.14. The average molecular weight is 223 g/mol. The van der Waals surface area contributed by atoms with Crippen LogP contribution in [0, 0.1) is 17.3 Å². The fraction of sp³-hybridized carbons (Fsp3) is 0.800. The molecule has 1 aliphatic carbocycles. The summed E-state index contributed by atoms with van der Waals surface area (Å²) in [5.41, 5.74) is -0.0110. The van der Waals surface area contributed by atoms with E-state index in [2.05, 4.69) is 0 Å². The molecule has 0 aromatic carbocycles. The molecule has 0 saturated heterocycles. The van der Waals surface area contributed by atoms with Gasteiger partial charge in [0.05, 0.1) is 0 Å². The number of hydrogen-bond donors (Lipinski definition) is 0. The minimum atomic E-state index is -0.656. The zero-order valence-corrected chi connectivity index (χ0v) is 9.64. The van der Waals surface area contributed by atoms with Gasteiger partial charge < -0.3 is 9.47 Å². The van der Waals surface area contributed by atoms with Gasteiger partial charge in [-0.1, -0.05) is 25.4 Å². The van der Waals surface area contributed by atoms with Crippen LogP contribution in [0.15, 0.2) is 11.4 Å². The standard InChI is InChI=1S/C10H16ClFO2/c1-10(2)6(5-7(11)12)8(10)9(13-3)14-4/h5-6,8-9H,1-4H3/b7-5-. The minimum absolute atomic E-state index is 0.0110. The van der Waals surface area contributed by atoms with E-state index in [1.54, 1.807) is 14.2 Å². The smallest absolute Gasteiger partial charge is 0.185 e. The summed E-state index contributed by atoms with van der Waals surface area (Å²) in [4.78, 5) is 0. The van der Waals surface area contributed by atoms with E-state index in [0.29, 0.717) is 0 Å². The number of hydrogen-bond acceptors (Lipinski definition) is 2. The van der Waals surface area contributed by atoms with E-state index in [0.717, 1.165) is 0 Å². The first kappa shape index (κ1) is 12.0. The van der Waals surface area contributed by atoms with Crippen molar-refractivity contribution in [3.63, 3.8) is 0 Å². The van der Waals surface area contributed by atoms with Gasteiger partial charge in [0.2, 0.25) is 0 Å². The predicted molar refractivity (Wildman–Crippen MR) is 53.6 cm³/mol. The van der Waals surface area contributed by atoms with Gasteiger partial charge in [0.1, 0.15) is 0 Å². The Kier molecular flexibility index (Phi) is 3.56. The van der Waals surface area contributed by atoms with Crippen LogP contribution in [0.3, 0.4) is 0 Å². The van der Waals surface area contributed by atoms with Crippen molar-refractivity contribution in [3.8, 4) is 0 Å². The summed E-state index contributed by atoms with van der Waals surface area (Å²) in [5, 5.41) is -0.656. The van der Waals surface area contributed by atoms with Crippen LogP contribution in [0.2, 0.25) is 0 Å². The molecular weight excluding hydrogens is 207 g/mol. The first-order valence-electron chi connectivity index (χ1n) is 4.53. The van der Waals surface area contributed by atoms with Crippen molar-refractivity contribution in [2.75, 3.05) is 14.2 Å². The molecular formula is C10H16ClFO2. The van der Waals surface area contributed by atoms with E-state index in [1.807, 2.05) is 13.8 Å². The number of halogens is 2. The topological polar surface area (TPSA) is 18.5 Å². The first-order valence-corrected chi connectivity index (χ1v) is 4.91. The molecule has 0 spiro atoms. The van der Waals surface area contributed by atoms with E-state index < -0.39 is 5.29 Å². The van der Waals surface area contributed by atoms with Gasteiger partial charge in [-0.2, -0.15) is 4.39 Å². The van der Waals surface area contributed by atoms with Crippen LogP contribution in [0.25, 0.3) is 0 Å². The Bertz CT molecular complexity index is 232. The maximum Gasteiger partial charge on any atom is 0.185 e. The molecule has 0 radical (unpaired) electrons. The molecule has 0 aromatic heterocycles. The van der Waals surface area contributed by atoms with Crippen molar-refractivity contribution < 1.29 is 13.9 Å². The lowest BCUT2D eigenvalue weighted by molar-refractivity contribution is -0.122. The van der Waals surface area contributed by atoms with E-state index in [1.165, 1.54) is 6.08 Å². The third kappa shape index (κ3) is 2.10. The van der Waals surface area contributed by atoms with Gasteiger partial charge in [-0.15, -0.1) is 0 Å². The Balaban J connectivity index is 2.69. The highest BCUT2D eigenvalue weighted by molar-refractivity contribution is 6.28. The number of ether oxygens (including phenoxy) is 2. The third-order valence-electron chi connectivity index (χ3n) is 3.06. The fourth-order valence-corrected chi connectivity index (χ4v) is 2.22. The maximum absolute atomic E-state index is 12.5. The van der Waals surface area contributed by atoms with Gasteiger partial charge in [0.15, 0.2) is 11.6 Å². The summed E-state index contributed by atoms with van der Waals surface area (Å²) >= 11 is 5.21. The first-order chi connectivity index (χ1) is 6.45. The molecule has 1 rings (SSSR count). The molecule has 14 heavy (non-hydrogen) atoms. The highest BCUT2D eigenvalue weighted by Gasteiger charge is 2.60. The minimum Gasteiger partial charge on any atom is -0.356 e. The normalized spacial score (nSPS) is 30.9. The van der Waals surface area contributed by atoms with Crippen LogP contribution in [0.4, 0.5) is 4.39 Å². The van der Waals surface area contributed by atoms with Crippen molar-refractivity contribution in [2.45, 2.75) is 20.1 Å². The quantitative estimate of drug-likeness (QED) is 0.681. The van der Waals surface area contributed by atoms with E-state index in [4.69, 9.17) is 21.1 Å². The van der Waals surface area contributed by atoms with Gasteiger partial charge >= 0.3 is 0 Å². The molecule has 2 nitrogen and oxygen atoms in total. The van der Waals surface area contributed by atoms with Crippen molar-refractivity contribution in [1.29, 1.82) is 0 Å². The second-order valence-corrected chi connectivity index (χ2v) is 4.53. The molecule has 0 bridgehead atoms. The Hall–Kier alpha value is -0.120. The van der Waals surface area contributed by atoms with Gasteiger partial charge in [-0.05, 0) is 17.4 Å². The summed E-state index contributed by atoms with van der Waals surface area (Å²) in [7, 11) is 3.17. The van der Waals surface area contributed by atoms with Crippen LogP contribution in [0.5, 0.6) is 0 Å². The zero-order valence-electron chi connectivity index (χ0n) is 8.88. The molecule has 4 heteroatoms. The molecule has 0 aromatic rings. The molecule has 0 amide bonds. The lowest BCUT2D eigenvalue weighted by Crippen LogP contribution is -2.18. The molecule has 82 valence electrons. The number of rotatable bonds is 4. The Morgan fingerprint density at radius 3 is 2.29 bits per heavy atom. The molecule has 0 N–H and O–H groups in total. The SMILES string of the molecule is COC(OC)C1C(/C=C(\F)Cl)C1(C)C. The maximum atomic E-state index is 12.5. The zero-order chi connectivity index (χ0) is 10.9. The largest absolute Gasteiger partial charge is 0.356 e. The Morgan fingerprint density at radius 2 is 1.93 bits per heavy atom. The lowest BCUT2D eigenvalue weighted by atomic mass is 10.1. The molecule has 0 heterocycles. The highest BCUT2D eigenvalue weighted by atomic mass is 35.5. The predicted octanol–water partition coefficient (Wildman–Crippen LogP) is 2.93. The Labute approximate surface area is 89.0 Å². The van der Waals surface area contributed by atoms with Crippen LogP contribution in [0.1, 0.15) is 13.8 Å². The van der Waals surface area contributed by atoms with Gasteiger partial charge in [-0.3, -0.25) is 0 Å². The average Bonchev–Trinajstić information content (AvgIpc) is 2.57. The fourth-order valence-electron chi connectivity index (χ4n) is 2.08. The molecule has 1 saturated carbocycles. The molecule has 2 atom stereocenters. The van der Waals surface area contributed by atoms with Crippen LogP contribution in [-0.4, -0.2) is 20.5 Å². The van der Waals surface area contributed by atoms with Gasteiger partial charge in [0, 0.05) is 20.1 Å². The number of methoxy groups -OCH3 is 2. The summed E-state index contributed by atoms with van der Waals surface area (Å²) in [6.45, 7) is 4.09. The molecule has 1 aliphatic rings. The monoisotopic (exact) mass is 222 g/mol. The Morgan fingerprint density at radius 1 is 1.43 bits per heavy atom. The van der Waals surface area contributed by atoms with Crippen LogP contribution >= 0.6 is 11.6 Å². The molecule has 0 aliphatic heterocycles. The second kappa shape index (κ2) is 4.17. The number of allylic oxidation sites excluding steroid dienone is 1. The molecule has 2 unspecified atom stereocenters. The van der Waals surface area contributed by atoms with Crippen molar-refractivity contribution >= 4 is 11.6 Å². The second-order valence-electron chi connectivity index (χ2n) is 4.17. The van der Waals surface area contributed by atoms with Crippen LogP contribution < -0.4 is 0 Å². The lowest BCUT2D eigenvalue weighted by Gasteiger charge is -2.14. The summed E-state index contributed by atoms with van der Waals surface area (Å²) < 4.78 is 22.8. The van der Waals surface area contributed by atoms with Crippen molar-refractivity contribution in [2.24, 2.45) is 17.3 Å². The van der Waals surface area contributed by atoms with E-state index in [9.17, 15) is 4.39 Å². The van der Waals surface area contributed by atoms with E-state index >= 15 is 0 Å². The third-order valence-corrected chi connectivity index (χ3v) is 3.19. The van der Waals surface area contributed by atoms with E-state index in [-0.39, 0.29) is 23.5 Å². The summed E-state index contributed by atoms with van der Waals surface area (Å²) in [5.74, 6) is 0.256. The van der Waals surface area contributed by atoms with Gasteiger partial charge in [0.25, 0.3) is 0 Å². The van der Waals surface area contributed by atoms with Crippen molar-refractivity contribution in [1.82, 2.24) is 0 Å². The molecule has 1 fully saturated rings. The highest BCUT2D eigenvalue weighted by Crippen LogP contribution is 2.61.